The molecule has 6 nitrogen and oxygen atoms in total. The van der Waals surface area contributed by atoms with E-state index < -0.39 is 10.0 Å². The molecule has 0 fully saturated rings. The molecule has 8 heteroatoms. The molecule has 3 aromatic rings. The van der Waals surface area contributed by atoms with E-state index in [1.807, 2.05) is 12.1 Å². The van der Waals surface area contributed by atoms with E-state index in [0.29, 0.717) is 10.3 Å². The Morgan fingerprint density at radius 3 is 2.86 bits per heavy atom. The number of hydrogen-bond donors (Lipinski definition) is 3. The summed E-state index contributed by atoms with van der Waals surface area (Å²) in [4.78, 5) is 0.602. The largest absolute Gasteiger partial charge is 0.391 e. The van der Waals surface area contributed by atoms with Crippen molar-refractivity contribution in [3.8, 4) is 0 Å². The maximum atomic E-state index is 12.5. The van der Waals surface area contributed by atoms with Gasteiger partial charge in [-0.15, -0.1) is 11.3 Å². The summed E-state index contributed by atoms with van der Waals surface area (Å²) in [5.74, 6) is 0. The number of benzene rings is 1. The average molecular weight is 323 g/mol. The predicted molar refractivity (Wildman–Crippen MR) is 80.4 cm³/mol. The van der Waals surface area contributed by atoms with Crippen molar-refractivity contribution in [2.45, 2.75) is 18.0 Å². The first-order chi connectivity index (χ1) is 10.1. The molecule has 2 heterocycles. The molecule has 2 aromatic heterocycles. The van der Waals surface area contributed by atoms with E-state index in [1.54, 1.807) is 24.5 Å². The maximum absolute atomic E-state index is 12.5. The summed E-state index contributed by atoms with van der Waals surface area (Å²) < 4.78 is 28.4. The Kier molecular flexibility index (Phi) is 3.77. The van der Waals surface area contributed by atoms with Gasteiger partial charge < -0.3 is 5.11 Å². The molecule has 0 spiro atoms. The molecule has 0 aliphatic heterocycles. The first-order valence-corrected chi connectivity index (χ1v) is 8.50. The molecule has 0 aliphatic carbocycles. The van der Waals surface area contributed by atoms with Crippen LogP contribution < -0.4 is 4.72 Å². The van der Waals surface area contributed by atoms with Crippen molar-refractivity contribution in [1.29, 1.82) is 0 Å². The molecule has 0 atom stereocenters. The summed E-state index contributed by atoms with van der Waals surface area (Å²) in [5.41, 5.74) is 0.739. The van der Waals surface area contributed by atoms with Crippen LogP contribution in [0.5, 0.6) is 0 Å². The third-order valence-corrected chi connectivity index (χ3v) is 5.86. The van der Waals surface area contributed by atoms with Gasteiger partial charge in [0.05, 0.1) is 17.7 Å². The number of rotatable bonds is 5. The Morgan fingerprint density at radius 1 is 1.33 bits per heavy atom. The van der Waals surface area contributed by atoms with Crippen molar-refractivity contribution in [3.05, 3.63) is 47.1 Å². The minimum absolute atomic E-state index is 0.147. The summed E-state index contributed by atoms with van der Waals surface area (Å²) in [6.07, 6.45) is 3.18. The van der Waals surface area contributed by atoms with Crippen molar-refractivity contribution in [2.75, 3.05) is 0 Å². The van der Waals surface area contributed by atoms with Crippen LogP contribution in [0.1, 0.15) is 10.4 Å². The minimum Gasteiger partial charge on any atom is -0.391 e. The molecular weight excluding hydrogens is 310 g/mol. The van der Waals surface area contributed by atoms with Crippen molar-refractivity contribution in [1.82, 2.24) is 14.9 Å². The fourth-order valence-corrected chi connectivity index (χ4v) is 4.91. The van der Waals surface area contributed by atoms with Gasteiger partial charge in [0.2, 0.25) is 10.0 Å². The second kappa shape index (κ2) is 5.57. The quantitative estimate of drug-likeness (QED) is 0.664. The molecule has 0 saturated heterocycles. The molecular formula is C13H13N3O3S2. The van der Waals surface area contributed by atoms with Gasteiger partial charge >= 0.3 is 0 Å². The van der Waals surface area contributed by atoms with E-state index in [0.717, 1.165) is 10.3 Å². The number of aliphatic hydroxyl groups is 1. The van der Waals surface area contributed by atoms with Crippen molar-refractivity contribution < 1.29 is 13.5 Å². The molecule has 0 amide bonds. The molecule has 3 rings (SSSR count). The highest BCUT2D eigenvalue weighted by Gasteiger charge is 2.23. The number of aliphatic hydroxyl groups excluding tert-OH is 1. The van der Waals surface area contributed by atoms with Gasteiger partial charge in [0, 0.05) is 28.4 Å². The molecule has 0 radical (unpaired) electrons. The van der Waals surface area contributed by atoms with Gasteiger partial charge in [-0.25, -0.2) is 13.1 Å². The number of thiophene rings is 1. The molecule has 1 aromatic carbocycles. The van der Waals surface area contributed by atoms with Gasteiger partial charge in [-0.05, 0) is 6.07 Å². The normalized spacial score (nSPS) is 12.0. The van der Waals surface area contributed by atoms with Crippen LogP contribution in [0.2, 0.25) is 0 Å². The zero-order chi connectivity index (χ0) is 14.9. The standard InChI is InChI=1S/C13H13N3O3S2/c17-8-12-13(10-3-1-2-4-11(10)20-12)21(18,19)16-7-9-5-14-15-6-9/h1-6,16-17H,7-8H2,(H,14,15). The van der Waals surface area contributed by atoms with Crippen molar-refractivity contribution >= 4 is 31.4 Å². The van der Waals surface area contributed by atoms with E-state index >= 15 is 0 Å². The van der Waals surface area contributed by atoms with Crippen LogP contribution in [-0.2, 0) is 23.2 Å². The molecule has 0 unspecified atom stereocenters. The number of aromatic amines is 1. The lowest BCUT2D eigenvalue weighted by Crippen LogP contribution is -2.23. The lowest BCUT2D eigenvalue weighted by Gasteiger charge is -2.06. The van der Waals surface area contributed by atoms with Gasteiger partial charge in [0.25, 0.3) is 0 Å². The Bertz CT molecular complexity index is 854. The Labute approximate surface area is 125 Å². The highest BCUT2D eigenvalue weighted by atomic mass is 32.2. The topological polar surface area (TPSA) is 95.1 Å². The Balaban J connectivity index is 2.01. The van der Waals surface area contributed by atoms with Crippen molar-refractivity contribution in [3.63, 3.8) is 0 Å². The van der Waals surface area contributed by atoms with Crippen LogP contribution in [-0.4, -0.2) is 23.7 Å². The monoisotopic (exact) mass is 323 g/mol. The van der Waals surface area contributed by atoms with Crippen LogP contribution in [0.25, 0.3) is 10.1 Å². The number of nitrogens with one attached hydrogen (secondary N) is 2. The molecule has 110 valence electrons. The van der Waals surface area contributed by atoms with E-state index in [4.69, 9.17) is 0 Å². The van der Waals surface area contributed by atoms with Crippen LogP contribution in [0.4, 0.5) is 0 Å². The number of sulfonamides is 1. The second-order valence-electron chi connectivity index (χ2n) is 4.44. The van der Waals surface area contributed by atoms with Crippen LogP contribution >= 0.6 is 11.3 Å². The first kappa shape index (κ1) is 14.2. The maximum Gasteiger partial charge on any atom is 0.242 e. The SMILES string of the molecule is O=S(=O)(NCc1cn[nH]c1)c1c(CO)sc2ccccc12. The van der Waals surface area contributed by atoms with Crippen LogP contribution in [0, 0.1) is 0 Å². The van der Waals surface area contributed by atoms with E-state index in [1.165, 1.54) is 11.3 Å². The summed E-state index contributed by atoms with van der Waals surface area (Å²) in [6, 6.07) is 7.21. The lowest BCUT2D eigenvalue weighted by molar-refractivity contribution is 0.283. The zero-order valence-electron chi connectivity index (χ0n) is 10.9. The number of H-pyrrole nitrogens is 1. The second-order valence-corrected chi connectivity index (χ2v) is 7.28. The van der Waals surface area contributed by atoms with E-state index in [-0.39, 0.29) is 18.0 Å². The lowest BCUT2D eigenvalue weighted by atomic mass is 10.2. The summed E-state index contributed by atoms with van der Waals surface area (Å²) in [5, 5.41) is 16.5. The molecule has 0 bridgehead atoms. The van der Waals surface area contributed by atoms with Gasteiger partial charge in [0.15, 0.2) is 0 Å². The Morgan fingerprint density at radius 2 is 2.14 bits per heavy atom. The fraction of sp³-hybridized carbons (Fsp3) is 0.154. The average Bonchev–Trinajstić information content (AvgIpc) is 3.12. The number of fused-ring (bicyclic) bond motifs is 1. The number of hydrogen-bond acceptors (Lipinski definition) is 5. The molecule has 0 aliphatic rings. The zero-order valence-corrected chi connectivity index (χ0v) is 12.5. The smallest absolute Gasteiger partial charge is 0.242 e. The van der Waals surface area contributed by atoms with Crippen LogP contribution in [0.15, 0.2) is 41.6 Å². The Hall–Kier alpha value is -1.74. The van der Waals surface area contributed by atoms with E-state index in [9.17, 15) is 13.5 Å². The van der Waals surface area contributed by atoms with Crippen molar-refractivity contribution in [2.24, 2.45) is 0 Å². The van der Waals surface area contributed by atoms with Crippen LogP contribution in [0.3, 0.4) is 0 Å². The van der Waals surface area contributed by atoms with Gasteiger partial charge in [-0.1, -0.05) is 18.2 Å². The highest BCUT2D eigenvalue weighted by molar-refractivity contribution is 7.90. The van der Waals surface area contributed by atoms with Gasteiger partial charge in [0.1, 0.15) is 4.90 Å². The predicted octanol–water partition coefficient (Wildman–Crippen LogP) is 1.60. The number of nitrogens with zero attached hydrogens (tertiary/aromatic N) is 1. The number of aromatic nitrogens is 2. The summed E-state index contributed by atoms with van der Waals surface area (Å²) in [7, 11) is -3.70. The third-order valence-electron chi connectivity index (χ3n) is 3.05. The minimum atomic E-state index is -3.70. The molecule has 3 N–H and O–H groups in total. The van der Waals surface area contributed by atoms with E-state index in [2.05, 4.69) is 14.9 Å². The highest BCUT2D eigenvalue weighted by Crippen LogP contribution is 2.34. The fourth-order valence-electron chi connectivity index (χ4n) is 2.10. The van der Waals surface area contributed by atoms with Gasteiger partial charge in [-0.2, -0.15) is 5.10 Å². The molecule has 21 heavy (non-hydrogen) atoms. The van der Waals surface area contributed by atoms with Gasteiger partial charge in [-0.3, -0.25) is 5.10 Å². The molecule has 0 saturated carbocycles. The third kappa shape index (κ3) is 2.70. The summed E-state index contributed by atoms with van der Waals surface area (Å²) in [6.45, 7) is -0.158. The first-order valence-electron chi connectivity index (χ1n) is 6.20. The summed E-state index contributed by atoms with van der Waals surface area (Å²) >= 11 is 1.29.